The predicted octanol–water partition coefficient (Wildman–Crippen LogP) is 3.43. The number of hydrogen-bond donors (Lipinski definition) is 2. The van der Waals surface area contributed by atoms with Crippen molar-refractivity contribution in [2.24, 2.45) is 5.10 Å². The van der Waals surface area contributed by atoms with E-state index in [1.807, 2.05) is 66.7 Å². The third kappa shape index (κ3) is 4.51. The van der Waals surface area contributed by atoms with Gasteiger partial charge in [0.25, 0.3) is 5.91 Å². The minimum absolute atomic E-state index is 0.157. The summed E-state index contributed by atoms with van der Waals surface area (Å²) in [5, 5.41) is 7.42. The Kier molecular flexibility index (Phi) is 6.04. The molecule has 0 aliphatic heterocycles. The zero-order chi connectivity index (χ0) is 24.2. The third-order valence-electron chi connectivity index (χ3n) is 5.55. The van der Waals surface area contributed by atoms with E-state index in [9.17, 15) is 4.79 Å². The van der Waals surface area contributed by atoms with Crippen LogP contribution >= 0.6 is 0 Å². The molecule has 3 N–H and O–H groups in total. The average molecular weight is 466 g/mol. The second-order valence-electron chi connectivity index (χ2n) is 7.81. The Morgan fingerprint density at radius 3 is 2.51 bits per heavy atom. The number of amides is 1. The highest BCUT2D eigenvalue weighted by molar-refractivity contribution is 6.10. The summed E-state index contributed by atoms with van der Waals surface area (Å²) >= 11 is 0. The van der Waals surface area contributed by atoms with E-state index < -0.39 is 0 Å². The second-order valence-corrected chi connectivity index (χ2v) is 7.81. The molecule has 0 aliphatic carbocycles. The van der Waals surface area contributed by atoms with Crippen molar-refractivity contribution in [3.05, 3.63) is 89.7 Å². The van der Waals surface area contributed by atoms with Crippen LogP contribution in [0.25, 0.3) is 22.2 Å². The SMILES string of the molecule is COc1ccc(CCNC(=O)c2c(N)n(/N=C/c3ccccn3)c3nc4ccccc4nc23)cc1. The van der Waals surface area contributed by atoms with Crippen molar-refractivity contribution >= 4 is 40.1 Å². The average Bonchev–Trinajstić information content (AvgIpc) is 3.17. The van der Waals surface area contributed by atoms with Crippen LogP contribution in [0.2, 0.25) is 0 Å². The number of rotatable bonds is 7. The van der Waals surface area contributed by atoms with Crippen molar-refractivity contribution in [1.29, 1.82) is 0 Å². The van der Waals surface area contributed by atoms with Gasteiger partial charge in [0.05, 0.1) is 30.1 Å². The van der Waals surface area contributed by atoms with Gasteiger partial charge in [-0.15, -0.1) is 0 Å². The van der Waals surface area contributed by atoms with Gasteiger partial charge in [-0.25, -0.2) is 9.97 Å². The Balaban J connectivity index is 1.48. The van der Waals surface area contributed by atoms with E-state index in [4.69, 9.17) is 20.4 Å². The summed E-state index contributed by atoms with van der Waals surface area (Å²) in [6.45, 7) is 0.426. The molecule has 5 aromatic rings. The number of nitrogens with two attached hydrogens (primary N) is 1. The van der Waals surface area contributed by atoms with E-state index in [0.717, 1.165) is 11.3 Å². The lowest BCUT2D eigenvalue weighted by atomic mass is 10.1. The summed E-state index contributed by atoms with van der Waals surface area (Å²) in [6.07, 6.45) is 3.90. The number of carbonyl (C=O) groups excluding carboxylic acids is 1. The van der Waals surface area contributed by atoms with Crippen LogP contribution in [0.1, 0.15) is 21.6 Å². The molecule has 0 saturated carbocycles. The van der Waals surface area contributed by atoms with E-state index in [1.165, 1.54) is 4.68 Å². The fourth-order valence-electron chi connectivity index (χ4n) is 3.76. The van der Waals surface area contributed by atoms with E-state index in [-0.39, 0.29) is 17.3 Å². The summed E-state index contributed by atoms with van der Waals surface area (Å²) in [4.78, 5) is 26.9. The first-order chi connectivity index (χ1) is 17.1. The molecule has 9 heteroatoms. The molecule has 0 radical (unpaired) electrons. The van der Waals surface area contributed by atoms with E-state index >= 15 is 0 Å². The number of nitrogens with one attached hydrogen (secondary N) is 1. The number of benzene rings is 2. The molecule has 5 rings (SSSR count). The largest absolute Gasteiger partial charge is 0.497 e. The highest BCUT2D eigenvalue weighted by Gasteiger charge is 2.24. The molecule has 0 spiro atoms. The Morgan fingerprint density at radius 1 is 1.06 bits per heavy atom. The molecule has 3 heterocycles. The molecule has 2 aromatic carbocycles. The van der Waals surface area contributed by atoms with Crippen molar-refractivity contribution in [3.63, 3.8) is 0 Å². The topological polar surface area (TPSA) is 120 Å². The monoisotopic (exact) mass is 465 g/mol. The normalized spacial score (nSPS) is 11.3. The number of anilines is 1. The molecule has 174 valence electrons. The fraction of sp³-hybridized carbons (Fsp3) is 0.115. The first-order valence-electron chi connectivity index (χ1n) is 11.1. The van der Waals surface area contributed by atoms with Gasteiger partial charge in [-0.1, -0.05) is 30.3 Å². The number of aromatic nitrogens is 4. The van der Waals surface area contributed by atoms with Crippen LogP contribution in [0.15, 0.2) is 78.0 Å². The summed E-state index contributed by atoms with van der Waals surface area (Å²) < 4.78 is 6.62. The van der Waals surface area contributed by atoms with Crippen LogP contribution in [-0.2, 0) is 6.42 Å². The van der Waals surface area contributed by atoms with Crippen LogP contribution in [0, 0.1) is 0 Å². The van der Waals surface area contributed by atoms with Gasteiger partial charge in [-0.2, -0.15) is 9.78 Å². The van der Waals surface area contributed by atoms with Gasteiger partial charge in [0.1, 0.15) is 22.6 Å². The molecule has 1 amide bonds. The van der Waals surface area contributed by atoms with Crippen molar-refractivity contribution in [2.45, 2.75) is 6.42 Å². The van der Waals surface area contributed by atoms with Gasteiger partial charge in [0.15, 0.2) is 5.65 Å². The van der Waals surface area contributed by atoms with Crippen molar-refractivity contribution in [2.75, 3.05) is 19.4 Å². The molecule has 9 nitrogen and oxygen atoms in total. The minimum Gasteiger partial charge on any atom is -0.497 e. The molecular formula is C26H23N7O2. The van der Waals surface area contributed by atoms with Crippen molar-refractivity contribution in [1.82, 2.24) is 24.9 Å². The van der Waals surface area contributed by atoms with Crippen LogP contribution < -0.4 is 15.8 Å². The predicted molar refractivity (Wildman–Crippen MR) is 136 cm³/mol. The molecule has 0 aliphatic rings. The van der Waals surface area contributed by atoms with E-state index in [2.05, 4.69) is 15.4 Å². The fourth-order valence-corrected chi connectivity index (χ4v) is 3.76. The molecule has 3 aromatic heterocycles. The molecular weight excluding hydrogens is 442 g/mol. The zero-order valence-corrected chi connectivity index (χ0v) is 19.0. The first-order valence-corrected chi connectivity index (χ1v) is 11.1. The van der Waals surface area contributed by atoms with Crippen molar-refractivity contribution < 1.29 is 9.53 Å². The maximum Gasteiger partial charge on any atom is 0.257 e. The highest BCUT2D eigenvalue weighted by atomic mass is 16.5. The lowest BCUT2D eigenvalue weighted by molar-refractivity contribution is 0.0956. The minimum atomic E-state index is -0.336. The van der Waals surface area contributed by atoms with Crippen LogP contribution in [0.5, 0.6) is 5.75 Å². The summed E-state index contributed by atoms with van der Waals surface area (Å²) in [5.74, 6) is 0.609. The molecule has 0 atom stereocenters. The van der Waals surface area contributed by atoms with Gasteiger partial charge in [-0.05, 0) is 48.4 Å². The number of fused-ring (bicyclic) bond motifs is 2. The van der Waals surface area contributed by atoms with Gasteiger partial charge in [0, 0.05) is 12.7 Å². The Hall–Kier alpha value is -4.79. The number of hydrogen-bond acceptors (Lipinski definition) is 7. The first kappa shape index (κ1) is 22.0. The van der Waals surface area contributed by atoms with Gasteiger partial charge in [0.2, 0.25) is 0 Å². The van der Waals surface area contributed by atoms with Crippen molar-refractivity contribution in [3.8, 4) is 5.75 Å². The lowest BCUT2D eigenvalue weighted by Gasteiger charge is -2.06. The zero-order valence-electron chi connectivity index (χ0n) is 19.0. The maximum atomic E-state index is 13.2. The molecule has 35 heavy (non-hydrogen) atoms. The van der Waals surface area contributed by atoms with Gasteiger partial charge < -0.3 is 15.8 Å². The number of methoxy groups -OCH3 is 1. The van der Waals surface area contributed by atoms with Crippen LogP contribution in [0.4, 0.5) is 5.82 Å². The van der Waals surface area contributed by atoms with Crippen LogP contribution in [-0.4, -0.2) is 45.4 Å². The number of para-hydroxylation sites is 2. The lowest BCUT2D eigenvalue weighted by Crippen LogP contribution is -2.26. The molecule has 0 bridgehead atoms. The summed E-state index contributed by atoms with van der Waals surface area (Å²) in [7, 11) is 1.63. The standard InChI is InChI=1S/C26H23N7O2/c1-35-19-11-9-17(10-12-19)13-15-29-26(34)22-23-25(32-21-8-3-2-7-20(21)31-23)33(24(22)27)30-16-18-6-4-5-14-28-18/h2-12,14,16H,13,15,27H2,1H3,(H,29,34)/b30-16+. The summed E-state index contributed by atoms with van der Waals surface area (Å²) in [5.41, 5.74) is 10.5. The molecule has 0 fully saturated rings. The maximum absolute atomic E-state index is 13.2. The summed E-state index contributed by atoms with van der Waals surface area (Å²) in [6, 6.07) is 20.7. The quantitative estimate of drug-likeness (QED) is 0.355. The second kappa shape index (κ2) is 9.60. The van der Waals surface area contributed by atoms with Gasteiger partial charge in [-0.3, -0.25) is 9.78 Å². The highest BCUT2D eigenvalue weighted by Crippen LogP contribution is 2.27. The third-order valence-corrected chi connectivity index (χ3v) is 5.55. The number of ether oxygens (including phenoxy) is 1. The van der Waals surface area contributed by atoms with Crippen LogP contribution in [0.3, 0.4) is 0 Å². The number of carbonyl (C=O) groups is 1. The van der Waals surface area contributed by atoms with Gasteiger partial charge >= 0.3 is 0 Å². The number of nitrogen functional groups attached to an aromatic ring is 1. The molecule has 0 unspecified atom stereocenters. The smallest absolute Gasteiger partial charge is 0.257 e. The Bertz CT molecular complexity index is 1530. The number of nitrogens with zero attached hydrogens (tertiary/aromatic N) is 5. The Labute approximate surface area is 201 Å². The van der Waals surface area contributed by atoms with E-state index in [1.54, 1.807) is 19.5 Å². The number of pyridine rings is 1. The Morgan fingerprint density at radius 2 is 1.80 bits per heavy atom. The van der Waals surface area contributed by atoms with E-state index in [0.29, 0.717) is 40.9 Å². The molecule has 0 saturated heterocycles.